The maximum atomic E-state index is 12.5. The van der Waals surface area contributed by atoms with Gasteiger partial charge in [0.2, 0.25) is 0 Å². The Balaban J connectivity index is 1.78. The molecular weight excluding hydrogens is 404 g/mol. The van der Waals surface area contributed by atoms with Crippen molar-refractivity contribution in [2.75, 3.05) is 13.2 Å². The number of aliphatic hydroxyl groups excluding tert-OH is 2. The molecule has 0 saturated carbocycles. The molecule has 1 saturated heterocycles. The molecule has 4 atom stereocenters. The largest absolute Gasteiger partial charge is 0.453 e. The number of carbonyl (C=O) groups excluding carboxylic acids is 2. The van der Waals surface area contributed by atoms with Gasteiger partial charge < -0.3 is 29.2 Å². The van der Waals surface area contributed by atoms with E-state index in [0.717, 1.165) is 0 Å². The molecular formula is C23H26O8. The molecule has 3 rings (SSSR count). The lowest BCUT2D eigenvalue weighted by atomic mass is 10.0. The Kier molecular flexibility index (Phi) is 7.40. The molecule has 8 heteroatoms. The van der Waals surface area contributed by atoms with Crippen LogP contribution in [0, 0.1) is 0 Å². The molecule has 0 aromatic heterocycles. The minimum Gasteiger partial charge on any atom is -0.453 e. The Bertz CT molecular complexity index is 796. The minimum atomic E-state index is -1.12. The lowest BCUT2D eigenvalue weighted by Gasteiger charge is -2.29. The summed E-state index contributed by atoms with van der Waals surface area (Å²) in [4.78, 5) is 25.0. The smallest absolute Gasteiger partial charge is 0.338 e. The van der Waals surface area contributed by atoms with E-state index in [4.69, 9.17) is 18.9 Å². The molecule has 1 fully saturated rings. The van der Waals surface area contributed by atoms with Gasteiger partial charge in [-0.05, 0) is 38.1 Å². The lowest BCUT2D eigenvalue weighted by Crippen LogP contribution is -2.48. The van der Waals surface area contributed by atoms with Crippen LogP contribution in [0.3, 0.4) is 0 Å². The van der Waals surface area contributed by atoms with E-state index in [1.54, 1.807) is 74.5 Å². The van der Waals surface area contributed by atoms with Crippen LogP contribution in [-0.2, 0) is 18.9 Å². The summed E-state index contributed by atoms with van der Waals surface area (Å²) >= 11 is 0. The highest BCUT2D eigenvalue weighted by Gasteiger charge is 2.51. The average molecular weight is 430 g/mol. The first-order valence-corrected chi connectivity index (χ1v) is 9.94. The predicted molar refractivity (Wildman–Crippen MR) is 109 cm³/mol. The molecule has 0 spiro atoms. The molecule has 8 nitrogen and oxygen atoms in total. The van der Waals surface area contributed by atoms with E-state index in [9.17, 15) is 19.8 Å². The van der Waals surface area contributed by atoms with E-state index in [1.807, 2.05) is 0 Å². The third-order valence-corrected chi connectivity index (χ3v) is 4.79. The zero-order valence-corrected chi connectivity index (χ0v) is 17.3. The number of benzene rings is 2. The topological polar surface area (TPSA) is 112 Å². The second-order valence-corrected chi connectivity index (χ2v) is 7.55. The third-order valence-electron chi connectivity index (χ3n) is 4.79. The molecule has 166 valence electrons. The first-order valence-electron chi connectivity index (χ1n) is 9.94. The summed E-state index contributed by atoms with van der Waals surface area (Å²) in [5.74, 6) is -2.41. The van der Waals surface area contributed by atoms with Gasteiger partial charge in [-0.25, -0.2) is 9.59 Å². The second-order valence-electron chi connectivity index (χ2n) is 7.55. The predicted octanol–water partition coefficient (Wildman–Crippen LogP) is 1.94. The molecule has 1 heterocycles. The van der Waals surface area contributed by atoms with Gasteiger partial charge in [-0.2, -0.15) is 0 Å². The van der Waals surface area contributed by atoms with Gasteiger partial charge >= 0.3 is 11.9 Å². The lowest BCUT2D eigenvalue weighted by molar-refractivity contribution is -0.163. The van der Waals surface area contributed by atoms with Gasteiger partial charge in [-0.3, -0.25) is 0 Å². The van der Waals surface area contributed by atoms with Crippen LogP contribution in [0.2, 0.25) is 0 Å². The van der Waals surface area contributed by atoms with Crippen LogP contribution < -0.4 is 0 Å². The van der Waals surface area contributed by atoms with E-state index in [0.29, 0.717) is 11.1 Å². The highest BCUT2D eigenvalue weighted by atomic mass is 16.8. The van der Waals surface area contributed by atoms with Gasteiger partial charge in [0.25, 0.3) is 0 Å². The van der Waals surface area contributed by atoms with Crippen LogP contribution in [0.1, 0.15) is 34.6 Å². The van der Waals surface area contributed by atoms with Crippen molar-refractivity contribution in [3.8, 4) is 0 Å². The van der Waals surface area contributed by atoms with E-state index in [-0.39, 0.29) is 0 Å². The summed E-state index contributed by atoms with van der Waals surface area (Å²) in [5, 5.41) is 19.8. The fourth-order valence-corrected chi connectivity index (χ4v) is 3.37. The van der Waals surface area contributed by atoms with E-state index < -0.39 is 55.4 Å². The summed E-state index contributed by atoms with van der Waals surface area (Å²) in [6, 6.07) is 16.6. The van der Waals surface area contributed by atoms with Gasteiger partial charge in [0.05, 0.1) is 24.3 Å². The standard InChI is InChI=1S/C23H26O8/c1-23(2)30-19(17(13-24)28-21(26)15-9-5-3-6-10-15)20(31-23)18(14-25)29-22(27)16-11-7-4-8-12-16/h3-12,17-20,24-25H,13-14H2,1-2H3/t17-,18-,19-,20-/m1/s1. The van der Waals surface area contributed by atoms with Crippen molar-refractivity contribution in [3.05, 3.63) is 71.8 Å². The number of aliphatic hydroxyl groups is 2. The number of rotatable bonds is 8. The number of ether oxygens (including phenoxy) is 4. The third kappa shape index (κ3) is 5.68. The zero-order chi connectivity index (χ0) is 22.4. The van der Waals surface area contributed by atoms with Crippen molar-refractivity contribution < 1.29 is 38.7 Å². The Morgan fingerprint density at radius 2 is 1.16 bits per heavy atom. The minimum absolute atomic E-state index is 0.310. The first-order chi connectivity index (χ1) is 14.8. The van der Waals surface area contributed by atoms with Crippen molar-refractivity contribution in [1.29, 1.82) is 0 Å². The average Bonchev–Trinajstić information content (AvgIpc) is 3.11. The fourth-order valence-electron chi connectivity index (χ4n) is 3.37. The Morgan fingerprint density at radius 3 is 1.48 bits per heavy atom. The van der Waals surface area contributed by atoms with Gasteiger partial charge in [0.15, 0.2) is 18.0 Å². The molecule has 0 aliphatic carbocycles. The zero-order valence-electron chi connectivity index (χ0n) is 17.3. The van der Waals surface area contributed by atoms with Crippen LogP contribution in [0.5, 0.6) is 0 Å². The quantitative estimate of drug-likeness (QED) is 0.612. The van der Waals surface area contributed by atoms with Crippen molar-refractivity contribution in [1.82, 2.24) is 0 Å². The molecule has 2 aromatic carbocycles. The normalized spacial score (nSPS) is 21.8. The Hall–Kier alpha value is -2.78. The van der Waals surface area contributed by atoms with Crippen LogP contribution in [0.4, 0.5) is 0 Å². The molecule has 2 aromatic rings. The molecule has 0 bridgehead atoms. The van der Waals surface area contributed by atoms with Gasteiger partial charge in [-0.1, -0.05) is 36.4 Å². The monoisotopic (exact) mass is 430 g/mol. The van der Waals surface area contributed by atoms with Crippen molar-refractivity contribution in [2.45, 2.75) is 44.1 Å². The van der Waals surface area contributed by atoms with Gasteiger partial charge in [0.1, 0.15) is 12.2 Å². The summed E-state index contributed by atoms with van der Waals surface area (Å²) in [6.07, 6.45) is -4.17. The molecule has 0 unspecified atom stereocenters. The number of hydrogen-bond donors (Lipinski definition) is 2. The molecule has 2 N–H and O–H groups in total. The molecule has 0 radical (unpaired) electrons. The molecule has 31 heavy (non-hydrogen) atoms. The summed E-state index contributed by atoms with van der Waals surface area (Å²) in [7, 11) is 0. The summed E-state index contributed by atoms with van der Waals surface area (Å²) in [6.45, 7) is 2.18. The second kappa shape index (κ2) is 10.0. The molecule has 0 amide bonds. The summed E-state index contributed by atoms with van der Waals surface area (Å²) in [5.41, 5.74) is 0.620. The Labute approximate surface area is 180 Å². The fraction of sp³-hybridized carbons (Fsp3) is 0.391. The number of carbonyl (C=O) groups is 2. The van der Waals surface area contributed by atoms with Crippen molar-refractivity contribution in [2.24, 2.45) is 0 Å². The van der Waals surface area contributed by atoms with Crippen LogP contribution >= 0.6 is 0 Å². The van der Waals surface area contributed by atoms with Crippen molar-refractivity contribution in [3.63, 3.8) is 0 Å². The van der Waals surface area contributed by atoms with E-state index in [2.05, 4.69) is 0 Å². The Morgan fingerprint density at radius 1 is 0.806 bits per heavy atom. The van der Waals surface area contributed by atoms with Crippen LogP contribution in [0.15, 0.2) is 60.7 Å². The van der Waals surface area contributed by atoms with Crippen molar-refractivity contribution >= 4 is 11.9 Å². The maximum Gasteiger partial charge on any atom is 0.338 e. The molecule has 1 aliphatic heterocycles. The number of esters is 2. The maximum absolute atomic E-state index is 12.5. The molecule has 1 aliphatic rings. The number of hydrogen-bond acceptors (Lipinski definition) is 8. The van der Waals surface area contributed by atoms with E-state index in [1.165, 1.54) is 0 Å². The van der Waals surface area contributed by atoms with E-state index >= 15 is 0 Å². The van der Waals surface area contributed by atoms with Gasteiger partial charge in [0, 0.05) is 0 Å². The van der Waals surface area contributed by atoms with Gasteiger partial charge in [-0.15, -0.1) is 0 Å². The van der Waals surface area contributed by atoms with Crippen LogP contribution in [-0.4, -0.2) is 65.6 Å². The highest BCUT2D eigenvalue weighted by Crippen LogP contribution is 2.34. The SMILES string of the molecule is CC1(C)O[C@H]([C@@H](CO)OC(=O)c2ccccc2)[C@@H]([C@@H](CO)OC(=O)c2ccccc2)O1. The first kappa shape index (κ1) is 22.9. The summed E-state index contributed by atoms with van der Waals surface area (Å²) < 4.78 is 22.6. The highest BCUT2D eigenvalue weighted by molar-refractivity contribution is 5.90. The van der Waals surface area contributed by atoms with Crippen LogP contribution in [0.25, 0.3) is 0 Å².